The van der Waals surface area contributed by atoms with Crippen molar-refractivity contribution in [3.63, 3.8) is 0 Å². The van der Waals surface area contributed by atoms with Crippen molar-refractivity contribution in [2.75, 3.05) is 20.2 Å². The number of para-hydroxylation sites is 1. The Morgan fingerprint density at radius 2 is 1.84 bits per heavy atom. The monoisotopic (exact) mass is 454 g/mol. The third-order valence-electron chi connectivity index (χ3n) is 5.43. The lowest BCUT2D eigenvalue weighted by atomic mass is 10.1. The summed E-state index contributed by atoms with van der Waals surface area (Å²) in [6, 6.07) is 14.0. The summed E-state index contributed by atoms with van der Waals surface area (Å²) < 4.78 is 34.2. The number of hydrogen-bond acceptors (Lipinski definition) is 5. The molecule has 32 heavy (non-hydrogen) atoms. The lowest BCUT2D eigenvalue weighted by Crippen LogP contribution is -2.35. The number of sulfonamides is 1. The smallest absolute Gasteiger partial charge is 0.254 e. The van der Waals surface area contributed by atoms with Gasteiger partial charge in [-0.3, -0.25) is 4.79 Å². The Morgan fingerprint density at radius 1 is 1.12 bits per heavy atom. The van der Waals surface area contributed by atoms with Gasteiger partial charge in [0.05, 0.1) is 35.1 Å². The van der Waals surface area contributed by atoms with Crippen molar-refractivity contribution < 1.29 is 17.9 Å². The van der Waals surface area contributed by atoms with Crippen LogP contribution < -0.4 is 14.8 Å². The topological polar surface area (TPSA) is 102 Å². The summed E-state index contributed by atoms with van der Waals surface area (Å²) in [5.74, 6) is 0.635. The van der Waals surface area contributed by atoms with Gasteiger partial charge in [0.25, 0.3) is 5.91 Å². The highest BCUT2D eigenvalue weighted by atomic mass is 32.2. The molecule has 2 aromatic carbocycles. The van der Waals surface area contributed by atoms with Gasteiger partial charge < -0.3 is 10.1 Å². The summed E-state index contributed by atoms with van der Waals surface area (Å²) in [4.78, 5) is 13.0. The molecule has 3 aromatic rings. The molecule has 168 valence electrons. The maximum Gasteiger partial charge on any atom is 0.254 e. The van der Waals surface area contributed by atoms with Gasteiger partial charge >= 0.3 is 0 Å². The van der Waals surface area contributed by atoms with Crippen LogP contribution in [0.25, 0.3) is 5.69 Å². The second-order valence-corrected chi connectivity index (χ2v) is 9.51. The number of hydrogen-bond donors (Lipinski definition) is 2. The predicted molar refractivity (Wildman–Crippen MR) is 121 cm³/mol. The third-order valence-corrected chi connectivity index (χ3v) is 6.91. The molecule has 1 saturated carbocycles. The average molecular weight is 455 g/mol. The highest BCUT2D eigenvalue weighted by Gasteiger charge is 2.33. The Labute approximate surface area is 187 Å². The molecule has 1 aliphatic carbocycles. The molecule has 8 nitrogen and oxygen atoms in total. The number of benzene rings is 2. The lowest BCUT2D eigenvalue weighted by molar-refractivity contribution is 0.0953. The Kier molecular flexibility index (Phi) is 6.29. The first-order valence-corrected chi connectivity index (χ1v) is 11.9. The standard InChI is InChI=1S/C23H26N4O4S/c1-16-5-3-4-6-21(16)27-22(17-7-8-17)20(15-25-27)23(28)24-13-14-26-32(29,30)19-11-9-18(31-2)10-12-19/h3-6,9-12,15,17,26H,7-8,13-14H2,1-2H3,(H,24,28). The van der Waals surface area contributed by atoms with Gasteiger partial charge in [0.1, 0.15) is 5.75 Å². The molecule has 9 heteroatoms. The summed E-state index contributed by atoms with van der Waals surface area (Å²) in [5.41, 5.74) is 3.49. The fourth-order valence-corrected chi connectivity index (χ4v) is 4.60. The Bertz CT molecular complexity index is 1220. The molecule has 0 aliphatic heterocycles. The number of aryl methyl sites for hydroxylation is 1. The Morgan fingerprint density at radius 3 is 2.50 bits per heavy atom. The van der Waals surface area contributed by atoms with Gasteiger partial charge in [0.15, 0.2) is 0 Å². The van der Waals surface area contributed by atoms with Crippen LogP contribution in [0.1, 0.15) is 40.4 Å². The SMILES string of the molecule is COc1ccc(S(=O)(=O)NCCNC(=O)c2cnn(-c3ccccc3C)c2C2CC2)cc1. The van der Waals surface area contributed by atoms with E-state index in [9.17, 15) is 13.2 Å². The minimum absolute atomic E-state index is 0.0742. The van der Waals surface area contributed by atoms with Crippen LogP contribution >= 0.6 is 0 Å². The number of aromatic nitrogens is 2. The van der Waals surface area contributed by atoms with E-state index in [1.807, 2.05) is 35.9 Å². The quantitative estimate of drug-likeness (QED) is 0.484. The molecule has 1 aliphatic rings. The van der Waals surface area contributed by atoms with E-state index < -0.39 is 10.0 Å². The zero-order chi connectivity index (χ0) is 22.7. The van der Waals surface area contributed by atoms with Crippen LogP contribution in [0.2, 0.25) is 0 Å². The van der Waals surface area contributed by atoms with Crippen molar-refractivity contribution in [3.8, 4) is 11.4 Å². The summed E-state index contributed by atoms with van der Waals surface area (Å²) >= 11 is 0. The second kappa shape index (κ2) is 9.13. The van der Waals surface area contributed by atoms with Crippen molar-refractivity contribution in [2.24, 2.45) is 0 Å². The van der Waals surface area contributed by atoms with E-state index in [1.54, 1.807) is 18.3 Å². The first-order valence-electron chi connectivity index (χ1n) is 10.5. The number of carbonyl (C=O) groups excluding carboxylic acids is 1. The zero-order valence-corrected chi connectivity index (χ0v) is 18.9. The maximum atomic E-state index is 12.8. The van der Waals surface area contributed by atoms with E-state index in [4.69, 9.17) is 4.74 Å². The zero-order valence-electron chi connectivity index (χ0n) is 18.0. The molecule has 1 fully saturated rings. The van der Waals surface area contributed by atoms with Crippen LogP contribution in [0.5, 0.6) is 5.75 Å². The first kappa shape index (κ1) is 22.0. The van der Waals surface area contributed by atoms with E-state index in [1.165, 1.54) is 19.2 Å². The van der Waals surface area contributed by atoms with E-state index in [2.05, 4.69) is 15.1 Å². The fourth-order valence-electron chi connectivity index (χ4n) is 3.57. The maximum absolute atomic E-state index is 12.8. The van der Waals surface area contributed by atoms with E-state index >= 15 is 0 Å². The molecule has 1 aromatic heterocycles. The summed E-state index contributed by atoms with van der Waals surface area (Å²) in [6.45, 7) is 2.25. The van der Waals surface area contributed by atoms with E-state index in [0.29, 0.717) is 17.2 Å². The number of rotatable bonds is 9. The highest BCUT2D eigenvalue weighted by molar-refractivity contribution is 7.89. The van der Waals surface area contributed by atoms with Gasteiger partial charge in [0, 0.05) is 19.0 Å². The average Bonchev–Trinajstić information content (AvgIpc) is 3.55. The number of ether oxygens (including phenoxy) is 1. The van der Waals surface area contributed by atoms with Gasteiger partial charge in [-0.1, -0.05) is 18.2 Å². The molecule has 0 atom stereocenters. The van der Waals surface area contributed by atoms with Crippen molar-refractivity contribution in [1.82, 2.24) is 19.8 Å². The van der Waals surface area contributed by atoms with Gasteiger partial charge in [-0.25, -0.2) is 17.8 Å². The molecule has 4 rings (SSSR count). The number of nitrogens with zero attached hydrogens (tertiary/aromatic N) is 2. The van der Waals surface area contributed by atoms with Gasteiger partial charge in [-0.2, -0.15) is 5.10 Å². The Hall–Kier alpha value is -3.17. The summed E-state index contributed by atoms with van der Waals surface area (Å²) in [6.07, 6.45) is 3.65. The van der Waals surface area contributed by atoms with Gasteiger partial charge in [0.2, 0.25) is 10.0 Å². The number of methoxy groups -OCH3 is 1. The number of amides is 1. The van der Waals surface area contributed by atoms with Gasteiger partial charge in [-0.05, 0) is 55.7 Å². The third kappa shape index (κ3) is 4.68. The largest absolute Gasteiger partial charge is 0.497 e. The van der Waals surface area contributed by atoms with Gasteiger partial charge in [-0.15, -0.1) is 0 Å². The Balaban J connectivity index is 1.40. The predicted octanol–water partition coefficient (Wildman–Crippen LogP) is 2.78. The van der Waals surface area contributed by atoms with Crippen LogP contribution in [-0.2, 0) is 10.0 Å². The fraction of sp³-hybridized carbons (Fsp3) is 0.304. The molecule has 0 bridgehead atoms. The molecule has 0 saturated heterocycles. The molecule has 2 N–H and O–H groups in total. The number of carbonyl (C=O) groups is 1. The molecule has 1 amide bonds. The lowest BCUT2D eigenvalue weighted by Gasteiger charge is -2.12. The molecule has 0 radical (unpaired) electrons. The van der Waals surface area contributed by atoms with Crippen LogP contribution in [0.15, 0.2) is 59.6 Å². The van der Waals surface area contributed by atoms with Crippen LogP contribution in [0.4, 0.5) is 0 Å². The van der Waals surface area contributed by atoms with Crippen molar-refractivity contribution in [3.05, 3.63) is 71.5 Å². The van der Waals surface area contributed by atoms with E-state index in [-0.39, 0.29) is 23.9 Å². The minimum atomic E-state index is -3.67. The highest BCUT2D eigenvalue weighted by Crippen LogP contribution is 2.42. The van der Waals surface area contributed by atoms with Crippen LogP contribution in [-0.4, -0.2) is 44.3 Å². The van der Waals surface area contributed by atoms with E-state index in [0.717, 1.165) is 29.8 Å². The second-order valence-electron chi connectivity index (χ2n) is 7.75. The first-order chi connectivity index (χ1) is 15.4. The summed E-state index contributed by atoms with van der Waals surface area (Å²) in [5, 5.41) is 7.29. The minimum Gasteiger partial charge on any atom is -0.497 e. The molecular weight excluding hydrogens is 428 g/mol. The van der Waals surface area contributed by atoms with Crippen molar-refractivity contribution in [1.29, 1.82) is 0 Å². The molecule has 0 spiro atoms. The van der Waals surface area contributed by atoms with Crippen molar-refractivity contribution >= 4 is 15.9 Å². The van der Waals surface area contributed by atoms with Crippen LogP contribution in [0.3, 0.4) is 0 Å². The normalized spacial score (nSPS) is 13.7. The molecular formula is C23H26N4O4S. The summed E-state index contributed by atoms with van der Waals surface area (Å²) in [7, 11) is -2.15. The van der Waals surface area contributed by atoms with Crippen LogP contribution in [0, 0.1) is 6.92 Å². The number of nitrogens with one attached hydrogen (secondary N) is 2. The molecule has 0 unspecified atom stereocenters. The molecule has 1 heterocycles. The van der Waals surface area contributed by atoms with Crippen molar-refractivity contribution in [2.45, 2.75) is 30.6 Å².